The monoisotopic (exact) mass is 180 g/mol. The van der Waals surface area contributed by atoms with Gasteiger partial charge in [0.15, 0.2) is 0 Å². The SMILES string of the molecule is CC.O=C1Nc2ccncc2CO1. The van der Waals surface area contributed by atoms with Crippen LogP contribution in [0.2, 0.25) is 0 Å². The van der Waals surface area contributed by atoms with E-state index in [1.54, 1.807) is 18.5 Å². The summed E-state index contributed by atoms with van der Waals surface area (Å²) in [6, 6.07) is 1.75. The quantitative estimate of drug-likeness (QED) is 0.665. The van der Waals surface area contributed by atoms with Crippen LogP contribution in [0.25, 0.3) is 0 Å². The molecule has 0 radical (unpaired) electrons. The standard InChI is InChI=1S/C7H6N2O2.C2H6/c10-7-9-6-1-2-8-3-5(6)4-11-7;1-2/h1-3H,4H2,(H,9,10);1-2H3. The summed E-state index contributed by atoms with van der Waals surface area (Å²) in [4.78, 5) is 14.6. The predicted molar refractivity (Wildman–Crippen MR) is 49.4 cm³/mol. The van der Waals surface area contributed by atoms with E-state index >= 15 is 0 Å². The zero-order chi connectivity index (χ0) is 9.68. The summed E-state index contributed by atoms with van der Waals surface area (Å²) in [7, 11) is 0. The Balaban J connectivity index is 0.000000396. The van der Waals surface area contributed by atoms with Gasteiger partial charge in [-0.15, -0.1) is 0 Å². The molecular formula is C9H12N2O2. The molecule has 0 aromatic carbocycles. The number of carbonyl (C=O) groups is 1. The molecule has 1 amide bonds. The number of cyclic esters (lactones) is 1. The van der Waals surface area contributed by atoms with Gasteiger partial charge in [0.25, 0.3) is 0 Å². The van der Waals surface area contributed by atoms with Crippen molar-refractivity contribution in [1.82, 2.24) is 4.98 Å². The van der Waals surface area contributed by atoms with E-state index in [4.69, 9.17) is 4.74 Å². The molecular weight excluding hydrogens is 168 g/mol. The van der Waals surface area contributed by atoms with Crippen molar-refractivity contribution in [3.63, 3.8) is 0 Å². The number of pyridine rings is 1. The molecule has 1 aromatic heterocycles. The van der Waals surface area contributed by atoms with Gasteiger partial charge >= 0.3 is 6.09 Å². The second kappa shape index (κ2) is 4.45. The summed E-state index contributed by atoms with van der Waals surface area (Å²) < 4.78 is 4.71. The first-order chi connectivity index (χ1) is 6.36. The van der Waals surface area contributed by atoms with Crippen LogP contribution in [0, 0.1) is 0 Å². The van der Waals surface area contributed by atoms with Crippen LogP contribution in [-0.2, 0) is 11.3 Å². The Morgan fingerprint density at radius 3 is 3.08 bits per heavy atom. The molecule has 0 fully saturated rings. The van der Waals surface area contributed by atoms with Crippen LogP contribution < -0.4 is 5.32 Å². The molecule has 13 heavy (non-hydrogen) atoms. The molecule has 0 saturated heterocycles. The normalized spacial score (nSPS) is 12.9. The number of nitrogens with zero attached hydrogens (tertiary/aromatic N) is 1. The number of nitrogens with one attached hydrogen (secondary N) is 1. The van der Waals surface area contributed by atoms with Gasteiger partial charge in [-0.1, -0.05) is 13.8 Å². The Bertz CT molecular complexity index is 299. The van der Waals surface area contributed by atoms with Gasteiger partial charge in [0.05, 0.1) is 5.69 Å². The molecule has 0 bridgehead atoms. The van der Waals surface area contributed by atoms with Crippen molar-refractivity contribution in [3.8, 4) is 0 Å². The van der Waals surface area contributed by atoms with E-state index in [9.17, 15) is 4.79 Å². The highest BCUT2D eigenvalue weighted by molar-refractivity contribution is 5.87. The van der Waals surface area contributed by atoms with Crippen molar-refractivity contribution < 1.29 is 9.53 Å². The van der Waals surface area contributed by atoms with Crippen LogP contribution >= 0.6 is 0 Å². The van der Waals surface area contributed by atoms with Gasteiger partial charge in [-0.05, 0) is 6.07 Å². The minimum atomic E-state index is -0.399. The smallest absolute Gasteiger partial charge is 0.411 e. The highest BCUT2D eigenvalue weighted by atomic mass is 16.5. The van der Waals surface area contributed by atoms with E-state index in [1.165, 1.54) is 0 Å². The fourth-order valence-electron chi connectivity index (χ4n) is 0.953. The maximum absolute atomic E-state index is 10.7. The van der Waals surface area contributed by atoms with Gasteiger partial charge in [0.2, 0.25) is 0 Å². The number of ether oxygens (including phenoxy) is 1. The highest BCUT2D eigenvalue weighted by Crippen LogP contribution is 2.18. The molecule has 1 aliphatic heterocycles. The average Bonchev–Trinajstić information content (AvgIpc) is 2.21. The first-order valence-corrected chi connectivity index (χ1v) is 4.23. The Morgan fingerprint density at radius 1 is 1.54 bits per heavy atom. The molecule has 4 nitrogen and oxygen atoms in total. The van der Waals surface area contributed by atoms with E-state index in [1.807, 2.05) is 13.8 Å². The number of fused-ring (bicyclic) bond motifs is 1. The second-order valence-electron chi connectivity index (χ2n) is 2.23. The van der Waals surface area contributed by atoms with E-state index in [-0.39, 0.29) is 0 Å². The molecule has 1 N–H and O–H groups in total. The largest absolute Gasteiger partial charge is 0.444 e. The zero-order valence-corrected chi connectivity index (χ0v) is 7.70. The molecule has 2 rings (SSSR count). The van der Waals surface area contributed by atoms with Crippen molar-refractivity contribution in [1.29, 1.82) is 0 Å². The molecule has 4 heteroatoms. The van der Waals surface area contributed by atoms with Crippen LogP contribution in [-0.4, -0.2) is 11.1 Å². The van der Waals surface area contributed by atoms with Gasteiger partial charge in [-0.3, -0.25) is 10.3 Å². The van der Waals surface area contributed by atoms with Crippen LogP contribution in [0.4, 0.5) is 10.5 Å². The molecule has 70 valence electrons. The van der Waals surface area contributed by atoms with Crippen LogP contribution in [0.15, 0.2) is 18.5 Å². The number of hydrogen-bond donors (Lipinski definition) is 1. The van der Waals surface area contributed by atoms with E-state index < -0.39 is 6.09 Å². The van der Waals surface area contributed by atoms with Gasteiger partial charge in [0.1, 0.15) is 6.61 Å². The minimum Gasteiger partial charge on any atom is -0.444 e. The maximum atomic E-state index is 10.7. The third-order valence-electron chi connectivity index (χ3n) is 1.50. The highest BCUT2D eigenvalue weighted by Gasteiger charge is 2.13. The van der Waals surface area contributed by atoms with Crippen molar-refractivity contribution in [2.75, 3.05) is 5.32 Å². The van der Waals surface area contributed by atoms with Crippen molar-refractivity contribution in [2.24, 2.45) is 0 Å². The number of aromatic nitrogens is 1. The van der Waals surface area contributed by atoms with E-state index in [0.717, 1.165) is 11.3 Å². The summed E-state index contributed by atoms with van der Waals surface area (Å²) in [6.07, 6.45) is 2.91. The number of rotatable bonds is 0. The lowest BCUT2D eigenvalue weighted by atomic mass is 10.2. The number of anilines is 1. The lowest BCUT2D eigenvalue weighted by Crippen LogP contribution is -2.20. The Hall–Kier alpha value is -1.58. The average molecular weight is 180 g/mol. The fraction of sp³-hybridized carbons (Fsp3) is 0.333. The lowest BCUT2D eigenvalue weighted by molar-refractivity contribution is 0.151. The molecule has 1 aromatic rings. The van der Waals surface area contributed by atoms with Crippen LogP contribution in [0.5, 0.6) is 0 Å². The third kappa shape index (κ3) is 2.18. The van der Waals surface area contributed by atoms with Gasteiger partial charge < -0.3 is 4.74 Å². The minimum absolute atomic E-state index is 0.314. The van der Waals surface area contributed by atoms with Crippen molar-refractivity contribution in [3.05, 3.63) is 24.0 Å². The molecule has 2 heterocycles. The van der Waals surface area contributed by atoms with Crippen LogP contribution in [0.3, 0.4) is 0 Å². The fourth-order valence-corrected chi connectivity index (χ4v) is 0.953. The van der Waals surface area contributed by atoms with Crippen LogP contribution in [0.1, 0.15) is 19.4 Å². The molecule has 0 saturated carbocycles. The lowest BCUT2D eigenvalue weighted by Gasteiger charge is -2.15. The summed E-state index contributed by atoms with van der Waals surface area (Å²) >= 11 is 0. The van der Waals surface area contributed by atoms with E-state index in [0.29, 0.717) is 6.61 Å². The molecule has 1 aliphatic rings. The Morgan fingerprint density at radius 2 is 2.31 bits per heavy atom. The predicted octanol–water partition coefficient (Wildman–Crippen LogP) is 2.17. The number of hydrogen-bond acceptors (Lipinski definition) is 3. The van der Waals surface area contributed by atoms with Gasteiger partial charge in [-0.25, -0.2) is 4.79 Å². The Kier molecular flexibility index (Phi) is 3.25. The zero-order valence-electron chi connectivity index (χ0n) is 7.70. The van der Waals surface area contributed by atoms with E-state index in [2.05, 4.69) is 10.3 Å². The summed E-state index contributed by atoms with van der Waals surface area (Å²) in [6.45, 7) is 4.31. The molecule has 0 unspecified atom stereocenters. The maximum Gasteiger partial charge on any atom is 0.411 e. The molecule has 0 aliphatic carbocycles. The molecule has 0 spiro atoms. The van der Waals surface area contributed by atoms with Crippen molar-refractivity contribution in [2.45, 2.75) is 20.5 Å². The van der Waals surface area contributed by atoms with Gasteiger partial charge in [0, 0.05) is 18.0 Å². The summed E-state index contributed by atoms with van der Waals surface area (Å²) in [5, 5.41) is 2.56. The Labute approximate surface area is 76.9 Å². The second-order valence-corrected chi connectivity index (χ2v) is 2.23. The van der Waals surface area contributed by atoms with Crippen molar-refractivity contribution >= 4 is 11.8 Å². The first-order valence-electron chi connectivity index (χ1n) is 4.23. The summed E-state index contributed by atoms with van der Waals surface area (Å²) in [5.41, 5.74) is 1.70. The first kappa shape index (κ1) is 9.51. The third-order valence-corrected chi connectivity index (χ3v) is 1.50. The topological polar surface area (TPSA) is 51.2 Å². The molecule has 0 atom stereocenters. The number of amides is 1. The number of carbonyl (C=O) groups excluding carboxylic acids is 1. The van der Waals surface area contributed by atoms with Gasteiger partial charge in [-0.2, -0.15) is 0 Å². The summed E-state index contributed by atoms with van der Waals surface area (Å²) in [5.74, 6) is 0.